The molecule has 6 aromatic rings. The lowest BCUT2D eigenvalue weighted by atomic mass is 10.1. The Morgan fingerprint density at radius 1 is 0.489 bits per heavy atom. The minimum absolute atomic E-state index is 0.344. The number of aromatic nitrogens is 6. The van der Waals surface area contributed by atoms with Gasteiger partial charge in [-0.3, -0.25) is 0 Å². The van der Waals surface area contributed by atoms with Gasteiger partial charge in [-0.1, -0.05) is 105 Å². The molecule has 2 aromatic heterocycles. The van der Waals surface area contributed by atoms with E-state index in [1.54, 1.807) is 94.4 Å². The van der Waals surface area contributed by atoms with Crippen LogP contribution in [0.1, 0.15) is 21.9 Å². The Morgan fingerprint density at radius 2 is 0.851 bits per heavy atom. The Labute approximate surface area is 314 Å². The number of nitrogens with zero attached hydrogens (tertiary/aromatic N) is 6. The Hall–Kier alpha value is -2.17. The van der Waals surface area contributed by atoms with Crippen LogP contribution < -0.4 is 0 Å². The summed E-state index contributed by atoms with van der Waals surface area (Å²) in [6.45, 7) is 0. The summed E-state index contributed by atoms with van der Waals surface area (Å²) in [5.41, 5.74) is 3.03. The van der Waals surface area contributed by atoms with Gasteiger partial charge in [0.1, 0.15) is 23.4 Å². The average molecular weight is 804 g/mol. The van der Waals surface area contributed by atoms with Crippen molar-refractivity contribution in [3.8, 4) is 22.8 Å². The van der Waals surface area contributed by atoms with Crippen molar-refractivity contribution < 1.29 is 0 Å². The highest BCUT2D eigenvalue weighted by Gasteiger charge is 2.26. The van der Waals surface area contributed by atoms with Crippen LogP contribution in [0.2, 0.25) is 40.2 Å². The maximum absolute atomic E-state index is 6.67. The minimum atomic E-state index is -0.344. The lowest BCUT2D eigenvalue weighted by molar-refractivity contribution is 0.559. The fraction of sp³-hybridized carbons (Fsp3) is 0.125. The van der Waals surface area contributed by atoms with E-state index in [0.29, 0.717) is 75.8 Å². The van der Waals surface area contributed by atoms with Crippen LogP contribution in [0.25, 0.3) is 22.8 Å². The highest BCUT2D eigenvalue weighted by Crippen LogP contribution is 2.41. The van der Waals surface area contributed by atoms with Crippen molar-refractivity contribution in [2.45, 2.75) is 23.6 Å². The lowest BCUT2D eigenvalue weighted by Crippen LogP contribution is -2.17. The molecule has 0 saturated carbocycles. The van der Waals surface area contributed by atoms with Crippen LogP contribution in [-0.4, -0.2) is 29.5 Å². The molecule has 47 heavy (non-hydrogen) atoms. The predicted octanol–water partition coefficient (Wildman–Crippen LogP) is 12.3. The molecular formula is C32H20Cl8N6S. The van der Waals surface area contributed by atoms with Gasteiger partial charge < -0.3 is 0 Å². The van der Waals surface area contributed by atoms with Crippen molar-refractivity contribution in [2.75, 3.05) is 0 Å². The number of thioether (sulfide) groups is 1. The molecule has 2 atom stereocenters. The van der Waals surface area contributed by atoms with E-state index in [-0.39, 0.29) is 10.7 Å². The smallest absolute Gasteiger partial charge is 0.182 e. The van der Waals surface area contributed by atoms with Gasteiger partial charge in [0.05, 0.1) is 10.0 Å². The molecule has 0 bridgehead atoms. The van der Waals surface area contributed by atoms with Crippen molar-refractivity contribution in [2.24, 2.45) is 0 Å². The van der Waals surface area contributed by atoms with E-state index in [4.69, 9.17) is 103 Å². The number of benzene rings is 4. The van der Waals surface area contributed by atoms with Crippen molar-refractivity contribution in [3.63, 3.8) is 0 Å². The zero-order valence-corrected chi connectivity index (χ0v) is 30.6. The monoisotopic (exact) mass is 800 g/mol. The van der Waals surface area contributed by atoms with Gasteiger partial charge in [0, 0.05) is 54.1 Å². The summed E-state index contributed by atoms with van der Waals surface area (Å²) in [5.74, 6) is 0.884. The lowest BCUT2D eigenvalue weighted by Gasteiger charge is -2.24. The molecule has 0 amide bonds. The SMILES string of the molecule is Clc1ccc(CC(SC(Cc2ccc(Cl)cc2Cl)n2cnc(-c3ccc(Cl)cc3Cl)n2)n2cnc(-c3ccc(Cl)cc3Cl)n2)c(Cl)c1. The van der Waals surface area contributed by atoms with E-state index in [2.05, 4.69) is 9.97 Å². The van der Waals surface area contributed by atoms with Crippen LogP contribution in [0.4, 0.5) is 0 Å². The molecule has 0 aliphatic heterocycles. The summed E-state index contributed by atoms with van der Waals surface area (Å²) in [6, 6.07) is 21.2. The summed E-state index contributed by atoms with van der Waals surface area (Å²) in [6.07, 6.45) is 4.25. The van der Waals surface area contributed by atoms with E-state index in [0.717, 1.165) is 11.1 Å². The van der Waals surface area contributed by atoms with Gasteiger partial charge in [-0.05, 0) is 71.8 Å². The minimum Gasteiger partial charge on any atom is -0.239 e. The maximum atomic E-state index is 6.67. The van der Waals surface area contributed by atoms with Crippen molar-refractivity contribution in [3.05, 3.63) is 137 Å². The number of halogens is 8. The second kappa shape index (κ2) is 15.2. The molecule has 0 aliphatic carbocycles. The molecule has 6 rings (SSSR count). The van der Waals surface area contributed by atoms with Gasteiger partial charge in [0.2, 0.25) is 0 Å². The maximum Gasteiger partial charge on any atom is 0.182 e. The summed E-state index contributed by atoms with van der Waals surface area (Å²) in [5, 5.41) is 13.0. The van der Waals surface area contributed by atoms with Gasteiger partial charge in [0.25, 0.3) is 0 Å². The third-order valence-electron chi connectivity index (χ3n) is 7.08. The van der Waals surface area contributed by atoms with E-state index >= 15 is 0 Å². The van der Waals surface area contributed by atoms with Crippen molar-refractivity contribution in [1.29, 1.82) is 0 Å². The Morgan fingerprint density at radius 3 is 1.21 bits per heavy atom. The fourth-order valence-electron chi connectivity index (χ4n) is 4.76. The zero-order valence-electron chi connectivity index (χ0n) is 23.8. The van der Waals surface area contributed by atoms with Crippen LogP contribution in [-0.2, 0) is 12.8 Å². The van der Waals surface area contributed by atoms with E-state index in [9.17, 15) is 0 Å². The number of hydrogen-bond donors (Lipinski definition) is 0. The molecular weight excluding hydrogens is 784 g/mol. The van der Waals surface area contributed by atoms with E-state index in [1.807, 2.05) is 12.1 Å². The summed E-state index contributed by atoms with van der Waals surface area (Å²) < 4.78 is 3.56. The molecule has 0 saturated heterocycles. The molecule has 15 heteroatoms. The Kier molecular flexibility index (Phi) is 11.2. The van der Waals surface area contributed by atoms with E-state index < -0.39 is 0 Å². The van der Waals surface area contributed by atoms with Gasteiger partial charge in [-0.2, -0.15) is 0 Å². The van der Waals surface area contributed by atoms with Crippen LogP contribution in [0, 0.1) is 0 Å². The van der Waals surface area contributed by atoms with Gasteiger partial charge >= 0.3 is 0 Å². The van der Waals surface area contributed by atoms with Crippen LogP contribution in [0.3, 0.4) is 0 Å². The van der Waals surface area contributed by atoms with Crippen molar-refractivity contribution in [1.82, 2.24) is 29.5 Å². The highest BCUT2D eigenvalue weighted by molar-refractivity contribution is 7.99. The quantitative estimate of drug-likeness (QED) is 0.138. The predicted molar refractivity (Wildman–Crippen MR) is 197 cm³/mol. The number of hydrogen-bond acceptors (Lipinski definition) is 5. The molecule has 0 spiro atoms. The standard InChI is InChI=1S/C32H20Cl8N6S/c33-19-3-1-17(25(37)11-19)9-29(45-15-41-31(43-45)23-7-5-21(35)13-27(23)39)47-30(10-18-2-4-20(34)12-26(18)38)46-16-42-32(44-46)24-8-6-22(36)14-28(24)40/h1-8,11-16,29-30H,9-10H2. The van der Waals surface area contributed by atoms with Gasteiger partial charge in [-0.15, -0.1) is 22.0 Å². The average Bonchev–Trinajstić information content (AvgIpc) is 3.70. The molecule has 2 unspecified atom stereocenters. The molecule has 240 valence electrons. The third-order valence-corrected chi connectivity index (χ3v) is 10.7. The largest absolute Gasteiger partial charge is 0.239 e. The molecule has 0 radical (unpaired) electrons. The molecule has 6 nitrogen and oxygen atoms in total. The second-order valence-electron chi connectivity index (χ2n) is 10.3. The Bertz CT molecular complexity index is 1920. The molecule has 0 aliphatic rings. The van der Waals surface area contributed by atoms with Crippen LogP contribution >= 0.6 is 105 Å². The summed E-state index contributed by atoms with van der Waals surface area (Å²) in [7, 11) is 0. The second-order valence-corrected chi connectivity index (χ2v) is 15.0. The van der Waals surface area contributed by atoms with E-state index in [1.165, 1.54) is 0 Å². The van der Waals surface area contributed by atoms with Gasteiger partial charge in [-0.25, -0.2) is 19.3 Å². The zero-order chi connectivity index (χ0) is 33.2. The first-order valence-corrected chi connectivity index (χ1v) is 17.8. The first kappa shape index (κ1) is 34.7. The number of rotatable bonds is 10. The third kappa shape index (κ3) is 8.35. The highest BCUT2D eigenvalue weighted by atomic mass is 35.5. The molecule has 4 aromatic carbocycles. The molecule has 0 N–H and O–H groups in total. The van der Waals surface area contributed by atoms with Gasteiger partial charge in [0.15, 0.2) is 11.6 Å². The topological polar surface area (TPSA) is 61.4 Å². The van der Waals surface area contributed by atoms with Crippen molar-refractivity contribution >= 4 is 105 Å². The normalized spacial score (nSPS) is 12.8. The summed E-state index contributed by atoms with van der Waals surface area (Å²) >= 11 is 52.6. The molecule has 0 fully saturated rings. The van der Waals surface area contributed by atoms with Crippen LogP contribution in [0.15, 0.2) is 85.5 Å². The Balaban J connectivity index is 1.41. The van der Waals surface area contributed by atoms with Crippen LogP contribution in [0.5, 0.6) is 0 Å². The molecule has 2 heterocycles. The summed E-state index contributed by atoms with van der Waals surface area (Å²) in [4.78, 5) is 9.17. The fourth-order valence-corrected chi connectivity index (χ4v) is 8.08. The first-order valence-electron chi connectivity index (χ1n) is 13.8. The first-order chi connectivity index (χ1) is 22.5.